The maximum absolute atomic E-state index is 13.7. The molecule has 1 amide bonds. The molecular weight excluding hydrogens is 482 g/mol. The summed E-state index contributed by atoms with van der Waals surface area (Å²) in [4.78, 5) is 41.9. The lowest BCUT2D eigenvalue weighted by molar-refractivity contribution is -0.151. The minimum Gasteiger partial charge on any atom is -0.466 e. The van der Waals surface area contributed by atoms with Crippen LogP contribution in [-0.4, -0.2) is 45.4 Å². The highest BCUT2D eigenvalue weighted by Crippen LogP contribution is 2.33. The molecule has 1 aliphatic rings. The quantitative estimate of drug-likeness (QED) is 0.294. The summed E-state index contributed by atoms with van der Waals surface area (Å²) >= 11 is 7.15. The van der Waals surface area contributed by atoms with Crippen molar-refractivity contribution in [2.45, 2.75) is 26.3 Å². The number of carbonyl (C=O) groups excluding carboxylic acids is 2. The second-order valence-electron chi connectivity index (χ2n) is 8.56. The van der Waals surface area contributed by atoms with Crippen LogP contribution in [0.25, 0.3) is 27.0 Å². The van der Waals surface area contributed by atoms with Crippen LogP contribution in [0, 0.1) is 9.87 Å². The Bertz CT molecular complexity index is 1540. The minimum absolute atomic E-state index is 0.131. The number of fused-ring (bicyclic) bond motifs is 3. The van der Waals surface area contributed by atoms with Crippen LogP contribution < -0.4 is 5.56 Å². The van der Waals surface area contributed by atoms with Gasteiger partial charge >= 0.3 is 5.97 Å². The zero-order valence-electron chi connectivity index (χ0n) is 19.3. The second-order valence-corrected chi connectivity index (χ2v) is 10.2. The summed E-state index contributed by atoms with van der Waals surface area (Å²) in [6.45, 7) is 2.81. The summed E-state index contributed by atoms with van der Waals surface area (Å²) in [7, 11) is 0. The van der Waals surface area contributed by atoms with E-state index in [1.807, 2.05) is 52.9 Å². The van der Waals surface area contributed by atoms with Crippen molar-refractivity contribution in [3.8, 4) is 10.4 Å². The van der Waals surface area contributed by atoms with Crippen LogP contribution in [0.2, 0.25) is 0 Å². The normalized spacial score (nSPS) is 16.0. The summed E-state index contributed by atoms with van der Waals surface area (Å²) in [6.07, 6.45) is 1.41. The maximum Gasteiger partial charge on any atom is 0.310 e. The molecule has 9 heteroatoms. The van der Waals surface area contributed by atoms with Gasteiger partial charge in [0.25, 0.3) is 5.56 Å². The van der Waals surface area contributed by atoms with Crippen molar-refractivity contribution in [3.63, 3.8) is 0 Å². The molecule has 35 heavy (non-hydrogen) atoms. The molecule has 180 valence electrons. The first-order valence-electron chi connectivity index (χ1n) is 11.7. The molecule has 1 unspecified atom stereocenters. The Kier molecular flexibility index (Phi) is 6.53. The third-order valence-electron chi connectivity index (χ3n) is 6.39. The average Bonchev–Trinajstić information content (AvgIpc) is 3.24. The first-order valence-corrected chi connectivity index (χ1v) is 12.9. The van der Waals surface area contributed by atoms with Gasteiger partial charge in [-0.2, -0.15) is 0 Å². The SMILES string of the molecule is CCOC(=O)C1CCCN(C(=O)Cn2c(=O)c3ccccc3n3c(=S)sc(-c4ccccc4)c23)C1. The Balaban J connectivity index is 1.62. The van der Waals surface area contributed by atoms with E-state index in [4.69, 9.17) is 17.0 Å². The zero-order chi connectivity index (χ0) is 24.5. The molecule has 0 saturated carbocycles. The van der Waals surface area contributed by atoms with Gasteiger partial charge in [0, 0.05) is 13.1 Å². The standard InChI is InChI=1S/C26H25N3O4S2/c1-2-33-25(32)18-11-8-14-27(15-18)21(30)16-28-23-22(17-9-4-3-5-10-17)35-26(34)29(23)20-13-7-6-12-19(20)24(28)31/h3-7,9-10,12-13,18H,2,8,11,14-16H2,1H3. The number of carbonyl (C=O) groups is 2. The van der Waals surface area contributed by atoms with Crippen LogP contribution in [0.3, 0.4) is 0 Å². The van der Waals surface area contributed by atoms with Crippen LogP contribution >= 0.6 is 23.6 Å². The number of para-hydroxylation sites is 1. The summed E-state index contributed by atoms with van der Waals surface area (Å²) in [6, 6.07) is 17.1. The number of amides is 1. The molecule has 1 atom stereocenters. The van der Waals surface area contributed by atoms with Crippen molar-refractivity contribution < 1.29 is 14.3 Å². The molecule has 0 spiro atoms. The molecule has 1 saturated heterocycles. The lowest BCUT2D eigenvalue weighted by atomic mass is 9.98. The second kappa shape index (κ2) is 9.75. The predicted octanol–water partition coefficient (Wildman–Crippen LogP) is 4.51. The minimum atomic E-state index is -0.337. The molecular formula is C26H25N3O4S2. The third-order valence-corrected chi connectivity index (χ3v) is 7.80. The summed E-state index contributed by atoms with van der Waals surface area (Å²) in [5.74, 6) is -0.809. The van der Waals surface area contributed by atoms with Gasteiger partial charge in [0.05, 0.1) is 28.3 Å². The highest BCUT2D eigenvalue weighted by molar-refractivity contribution is 7.73. The number of nitrogens with zero attached hydrogens (tertiary/aromatic N) is 3. The summed E-state index contributed by atoms with van der Waals surface area (Å²) < 4.78 is 9.21. The first kappa shape index (κ1) is 23.4. The van der Waals surface area contributed by atoms with Crippen molar-refractivity contribution in [1.82, 2.24) is 13.9 Å². The number of thiazole rings is 1. The van der Waals surface area contributed by atoms with Gasteiger partial charge < -0.3 is 9.64 Å². The molecule has 7 nitrogen and oxygen atoms in total. The van der Waals surface area contributed by atoms with Crippen LogP contribution in [0.5, 0.6) is 0 Å². The number of benzene rings is 2. The Morgan fingerprint density at radius 2 is 1.86 bits per heavy atom. The molecule has 2 aromatic carbocycles. The Labute approximate surface area is 211 Å². The number of ether oxygens (including phenoxy) is 1. The maximum atomic E-state index is 13.7. The molecule has 1 aliphatic heterocycles. The number of piperidine rings is 1. The lowest BCUT2D eigenvalue weighted by Gasteiger charge is -2.31. The first-order chi connectivity index (χ1) is 17.0. The monoisotopic (exact) mass is 507 g/mol. The van der Waals surface area contributed by atoms with Gasteiger partial charge in [-0.3, -0.25) is 23.4 Å². The Hall–Kier alpha value is -3.30. The van der Waals surface area contributed by atoms with Crippen molar-refractivity contribution in [2.24, 2.45) is 5.92 Å². The molecule has 5 rings (SSSR count). The molecule has 0 aliphatic carbocycles. The molecule has 0 bridgehead atoms. The van der Waals surface area contributed by atoms with Gasteiger partial charge in [0.2, 0.25) is 5.91 Å². The van der Waals surface area contributed by atoms with E-state index >= 15 is 0 Å². The number of hydrogen-bond donors (Lipinski definition) is 0. The Morgan fingerprint density at radius 3 is 2.63 bits per heavy atom. The average molecular weight is 508 g/mol. The third kappa shape index (κ3) is 4.30. The highest BCUT2D eigenvalue weighted by atomic mass is 32.1. The van der Waals surface area contributed by atoms with E-state index in [1.54, 1.807) is 17.9 Å². The zero-order valence-corrected chi connectivity index (χ0v) is 20.9. The van der Waals surface area contributed by atoms with Crippen molar-refractivity contribution >= 4 is 52.0 Å². The van der Waals surface area contributed by atoms with Crippen LogP contribution in [0.4, 0.5) is 0 Å². The van der Waals surface area contributed by atoms with Crippen molar-refractivity contribution in [3.05, 3.63) is 68.9 Å². The van der Waals surface area contributed by atoms with E-state index in [1.165, 1.54) is 15.9 Å². The van der Waals surface area contributed by atoms with Gasteiger partial charge in [-0.25, -0.2) is 0 Å². The number of hydrogen-bond acceptors (Lipinski definition) is 6. The van der Waals surface area contributed by atoms with E-state index in [2.05, 4.69) is 0 Å². The summed E-state index contributed by atoms with van der Waals surface area (Å²) in [5, 5.41) is 0.504. The van der Waals surface area contributed by atoms with Gasteiger partial charge in [-0.15, -0.1) is 11.3 Å². The van der Waals surface area contributed by atoms with Gasteiger partial charge in [-0.1, -0.05) is 42.5 Å². The molecule has 0 radical (unpaired) electrons. The van der Waals surface area contributed by atoms with Crippen molar-refractivity contribution in [1.29, 1.82) is 0 Å². The van der Waals surface area contributed by atoms with Gasteiger partial charge in [0.1, 0.15) is 12.2 Å². The fourth-order valence-corrected chi connectivity index (χ4v) is 6.16. The van der Waals surface area contributed by atoms with Crippen LogP contribution in [0.1, 0.15) is 19.8 Å². The number of esters is 1. The molecule has 1 fully saturated rings. The molecule has 3 heterocycles. The predicted molar refractivity (Wildman–Crippen MR) is 139 cm³/mol. The van der Waals surface area contributed by atoms with Crippen LogP contribution in [0.15, 0.2) is 59.4 Å². The largest absolute Gasteiger partial charge is 0.466 e. The Morgan fingerprint density at radius 1 is 1.11 bits per heavy atom. The van der Waals surface area contributed by atoms with E-state index in [9.17, 15) is 14.4 Å². The van der Waals surface area contributed by atoms with Gasteiger partial charge in [-0.05, 0) is 49.7 Å². The number of rotatable bonds is 5. The number of aromatic nitrogens is 2. The van der Waals surface area contributed by atoms with E-state index in [0.29, 0.717) is 41.1 Å². The topological polar surface area (TPSA) is 73.0 Å². The van der Waals surface area contributed by atoms with Crippen LogP contribution in [-0.2, 0) is 20.9 Å². The highest BCUT2D eigenvalue weighted by Gasteiger charge is 2.30. The lowest BCUT2D eigenvalue weighted by Crippen LogP contribution is -2.45. The van der Waals surface area contributed by atoms with E-state index in [-0.39, 0.29) is 29.9 Å². The number of likely N-dealkylation sites (tertiary alicyclic amines) is 1. The molecule has 0 N–H and O–H groups in total. The molecule has 4 aromatic rings. The fourth-order valence-electron chi connectivity index (χ4n) is 4.73. The van der Waals surface area contributed by atoms with Crippen molar-refractivity contribution in [2.75, 3.05) is 19.7 Å². The summed E-state index contributed by atoms with van der Waals surface area (Å²) in [5.41, 5.74) is 2.03. The smallest absolute Gasteiger partial charge is 0.310 e. The van der Waals surface area contributed by atoms with E-state index < -0.39 is 0 Å². The van der Waals surface area contributed by atoms with Gasteiger partial charge in [0.15, 0.2) is 3.95 Å². The molecule has 2 aromatic heterocycles. The fraction of sp³-hybridized carbons (Fsp3) is 0.308. The van der Waals surface area contributed by atoms with E-state index in [0.717, 1.165) is 22.4 Å².